The minimum absolute atomic E-state index is 0.0476. The quantitative estimate of drug-likeness (QED) is 0.899. The van der Waals surface area contributed by atoms with E-state index in [2.05, 4.69) is 22.4 Å². The molecule has 2 aliphatic heterocycles. The van der Waals surface area contributed by atoms with Gasteiger partial charge in [-0.1, -0.05) is 12.8 Å². The van der Waals surface area contributed by atoms with Crippen molar-refractivity contribution in [3.05, 3.63) is 17.5 Å². The predicted molar refractivity (Wildman–Crippen MR) is 86.2 cm³/mol. The van der Waals surface area contributed by atoms with Crippen LogP contribution in [0.4, 0.5) is 0 Å². The molecule has 3 aliphatic rings. The fourth-order valence-corrected chi connectivity index (χ4v) is 4.30. The number of fused-ring (bicyclic) bond motifs is 1. The molecule has 23 heavy (non-hydrogen) atoms. The lowest BCUT2D eigenvalue weighted by Crippen LogP contribution is -2.36. The molecule has 2 fully saturated rings. The number of amides is 1. The third kappa shape index (κ3) is 3.02. The fourth-order valence-electron chi connectivity index (χ4n) is 4.30. The average molecular weight is 318 g/mol. The van der Waals surface area contributed by atoms with Crippen molar-refractivity contribution < 1.29 is 9.53 Å². The van der Waals surface area contributed by atoms with Crippen LogP contribution in [0.1, 0.15) is 54.7 Å². The van der Waals surface area contributed by atoms with Gasteiger partial charge in [-0.25, -0.2) is 0 Å². The van der Waals surface area contributed by atoms with Crippen molar-refractivity contribution in [2.45, 2.75) is 63.3 Å². The van der Waals surface area contributed by atoms with Crippen molar-refractivity contribution in [3.8, 4) is 0 Å². The van der Waals surface area contributed by atoms with Gasteiger partial charge in [-0.3, -0.25) is 9.48 Å². The van der Waals surface area contributed by atoms with Crippen LogP contribution in [0.5, 0.6) is 0 Å². The number of ether oxygens (including phenoxy) is 1. The third-order valence-corrected chi connectivity index (χ3v) is 5.50. The maximum atomic E-state index is 12.5. The maximum absolute atomic E-state index is 12.5. The van der Waals surface area contributed by atoms with Gasteiger partial charge in [-0.05, 0) is 38.8 Å². The van der Waals surface area contributed by atoms with E-state index in [0.29, 0.717) is 12.3 Å². The van der Waals surface area contributed by atoms with E-state index in [-0.39, 0.29) is 17.6 Å². The van der Waals surface area contributed by atoms with Gasteiger partial charge in [-0.2, -0.15) is 5.10 Å². The Morgan fingerprint density at radius 1 is 1.35 bits per heavy atom. The molecule has 0 bridgehead atoms. The second-order valence-electron chi connectivity index (χ2n) is 7.41. The van der Waals surface area contributed by atoms with Crippen LogP contribution < -0.4 is 5.32 Å². The Morgan fingerprint density at radius 3 is 3.00 bits per heavy atom. The van der Waals surface area contributed by atoms with Crippen LogP contribution in [-0.2, 0) is 17.8 Å². The van der Waals surface area contributed by atoms with Crippen molar-refractivity contribution >= 4 is 5.91 Å². The minimum atomic E-state index is -0.0585. The maximum Gasteiger partial charge on any atom is 0.272 e. The zero-order chi connectivity index (χ0) is 15.9. The van der Waals surface area contributed by atoms with Gasteiger partial charge in [-0.15, -0.1) is 0 Å². The normalized spacial score (nSPS) is 27.1. The van der Waals surface area contributed by atoms with Gasteiger partial charge >= 0.3 is 0 Å². The minimum Gasteiger partial charge on any atom is -0.373 e. The second-order valence-corrected chi connectivity index (χ2v) is 7.41. The number of aromatic nitrogens is 2. The lowest BCUT2D eigenvalue weighted by Gasteiger charge is -2.21. The number of nitrogens with zero attached hydrogens (tertiary/aromatic N) is 3. The standard InChI is InChI=1S/C17H26N4O2/c1-20-7-4-8-21-14(11-20)9-15(19-21)16(22)18-13-10-17(23-12-13)5-2-3-6-17/h9,13H,2-8,10-12H2,1H3,(H,18,22)/t13-/m0/s1. The summed E-state index contributed by atoms with van der Waals surface area (Å²) < 4.78 is 8.00. The molecule has 4 rings (SSSR count). The zero-order valence-corrected chi connectivity index (χ0v) is 13.9. The van der Waals surface area contributed by atoms with Crippen molar-refractivity contribution in [3.63, 3.8) is 0 Å². The van der Waals surface area contributed by atoms with Crippen LogP contribution >= 0.6 is 0 Å². The highest BCUT2D eigenvalue weighted by Gasteiger charge is 2.43. The first-order valence-corrected chi connectivity index (χ1v) is 8.84. The molecule has 1 aliphatic carbocycles. The van der Waals surface area contributed by atoms with E-state index in [1.807, 2.05) is 10.7 Å². The Kier molecular flexibility index (Phi) is 3.89. The monoisotopic (exact) mass is 318 g/mol. The molecule has 1 saturated heterocycles. The molecule has 0 radical (unpaired) electrons. The van der Waals surface area contributed by atoms with Gasteiger partial charge in [0.05, 0.1) is 23.9 Å². The van der Waals surface area contributed by atoms with E-state index in [1.165, 1.54) is 12.8 Å². The van der Waals surface area contributed by atoms with Crippen molar-refractivity contribution in [1.82, 2.24) is 20.0 Å². The molecule has 1 aromatic heterocycles. The first-order chi connectivity index (χ1) is 11.1. The van der Waals surface area contributed by atoms with Gasteiger partial charge in [0.25, 0.3) is 5.91 Å². The summed E-state index contributed by atoms with van der Waals surface area (Å²) in [6.07, 6.45) is 6.82. The fraction of sp³-hybridized carbons (Fsp3) is 0.765. The van der Waals surface area contributed by atoms with E-state index >= 15 is 0 Å². The summed E-state index contributed by atoms with van der Waals surface area (Å²) in [5.74, 6) is -0.0585. The predicted octanol–water partition coefficient (Wildman–Crippen LogP) is 1.55. The summed E-state index contributed by atoms with van der Waals surface area (Å²) in [6, 6.07) is 2.07. The molecule has 0 unspecified atom stereocenters. The number of nitrogens with one attached hydrogen (secondary N) is 1. The molecule has 1 N–H and O–H groups in total. The number of aryl methyl sites for hydroxylation is 1. The molecule has 1 atom stereocenters. The van der Waals surface area contributed by atoms with Crippen molar-refractivity contribution in [2.75, 3.05) is 20.2 Å². The molecule has 6 nitrogen and oxygen atoms in total. The molecule has 1 saturated carbocycles. The molecule has 1 amide bonds. The summed E-state index contributed by atoms with van der Waals surface area (Å²) in [6.45, 7) is 3.47. The van der Waals surface area contributed by atoms with E-state index in [0.717, 1.165) is 51.0 Å². The van der Waals surface area contributed by atoms with Gasteiger partial charge in [0, 0.05) is 19.6 Å². The number of rotatable bonds is 2. The average Bonchev–Trinajstić information content (AvgIpc) is 3.21. The molecule has 0 aromatic carbocycles. The summed E-state index contributed by atoms with van der Waals surface area (Å²) in [4.78, 5) is 14.8. The van der Waals surface area contributed by atoms with Gasteiger partial charge < -0.3 is 15.0 Å². The summed E-state index contributed by atoms with van der Waals surface area (Å²) in [7, 11) is 2.11. The van der Waals surface area contributed by atoms with Crippen LogP contribution in [-0.4, -0.2) is 52.4 Å². The highest BCUT2D eigenvalue weighted by molar-refractivity contribution is 5.92. The number of carbonyl (C=O) groups is 1. The SMILES string of the molecule is CN1CCCn2nc(C(=O)N[C@@H]3COC4(CCCC4)C3)cc2C1. The largest absolute Gasteiger partial charge is 0.373 e. The van der Waals surface area contributed by atoms with Gasteiger partial charge in [0.2, 0.25) is 0 Å². The van der Waals surface area contributed by atoms with Crippen LogP contribution in [0, 0.1) is 0 Å². The van der Waals surface area contributed by atoms with Crippen LogP contribution in [0.15, 0.2) is 6.07 Å². The Morgan fingerprint density at radius 2 is 2.17 bits per heavy atom. The molecular formula is C17H26N4O2. The molecule has 6 heteroatoms. The number of hydrogen-bond acceptors (Lipinski definition) is 4. The summed E-state index contributed by atoms with van der Waals surface area (Å²) in [5.41, 5.74) is 1.72. The Bertz CT molecular complexity index is 591. The van der Waals surface area contributed by atoms with Gasteiger partial charge in [0.15, 0.2) is 5.69 Å². The first-order valence-electron chi connectivity index (χ1n) is 8.84. The highest BCUT2D eigenvalue weighted by atomic mass is 16.5. The van der Waals surface area contributed by atoms with Crippen LogP contribution in [0.3, 0.4) is 0 Å². The van der Waals surface area contributed by atoms with Crippen LogP contribution in [0.25, 0.3) is 0 Å². The summed E-state index contributed by atoms with van der Waals surface area (Å²) >= 11 is 0. The zero-order valence-electron chi connectivity index (χ0n) is 13.9. The molecule has 1 aromatic rings. The Balaban J connectivity index is 1.41. The topological polar surface area (TPSA) is 59.4 Å². The van der Waals surface area contributed by atoms with E-state index in [9.17, 15) is 4.79 Å². The lowest BCUT2D eigenvalue weighted by molar-refractivity contribution is 0.00987. The lowest BCUT2D eigenvalue weighted by atomic mass is 9.96. The molecule has 126 valence electrons. The van der Waals surface area contributed by atoms with E-state index in [1.54, 1.807) is 0 Å². The third-order valence-electron chi connectivity index (χ3n) is 5.50. The number of hydrogen-bond donors (Lipinski definition) is 1. The van der Waals surface area contributed by atoms with E-state index < -0.39 is 0 Å². The summed E-state index contributed by atoms with van der Waals surface area (Å²) in [5, 5.41) is 7.64. The molecule has 1 spiro atoms. The Hall–Kier alpha value is -1.40. The first kappa shape index (κ1) is 15.1. The van der Waals surface area contributed by atoms with Crippen LogP contribution in [0.2, 0.25) is 0 Å². The Labute approximate surface area is 137 Å². The van der Waals surface area contributed by atoms with E-state index in [4.69, 9.17) is 4.74 Å². The molecular weight excluding hydrogens is 292 g/mol. The molecule has 3 heterocycles. The van der Waals surface area contributed by atoms with Crippen molar-refractivity contribution in [1.29, 1.82) is 0 Å². The smallest absolute Gasteiger partial charge is 0.272 e. The second kappa shape index (κ2) is 5.91. The highest BCUT2D eigenvalue weighted by Crippen LogP contribution is 2.40. The van der Waals surface area contributed by atoms with Gasteiger partial charge in [0.1, 0.15) is 0 Å². The number of carbonyl (C=O) groups excluding carboxylic acids is 1. The van der Waals surface area contributed by atoms with Crippen molar-refractivity contribution in [2.24, 2.45) is 0 Å².